The summed E-state index contributed by atoms with van der Waals surface area (Å²) in [5.41, 5.74) is 1.20. The summed E-state index contributed by atoms with van der Waals surface area (Å²) in [5.74, 6) is 0.531. The summed E-state index contributed by atoms with van der Waals surface area (Å²) in [5, 5.41) is 0. The van der Waals surface area contributed by atoms with E-state index in [1.807, 2.05) is 13.8 Å². The molecular formula is C23H32FN3O3S2. The summed E-state index contributed by atoms with van der Waals surface area (Å²) < 4.78 is 51.8. The zero-order chi connectivity index (χ0) is 23.1. The lowest BCUT2D eigenvalue weighted by Crippen LogP contribution is -2.37. The average Bonchev–Trinajstić information content (AvgIpc) is 2.76. The van der Waals surface area contributed by atoms with Crippen LogP contribution in [0, 0.1) is 11.7 Å². The largest absolute Gasteiger partial charge is 0.490 e. The van der Waals surface area contributed by atoms with Crippen molar-refractivity contribution < 1.29 is 17.5 Å². The van der Waals surface area contributed by atoms with Gasteiger partial charge in [0.15, 0.2) is 0 Å². The first kappa shape index (κ1) is 24.8. The molecule has 0 amide bonds. The fraction of sp³-hybridized carbons (Fsp3) is 0.478. The second-order valence-corrected chi connectivity index (χ2v) is 10.9. The Bertz CT molecular complexity index is 945. The minimum absolute atomic E-state index is 0.139. The van der Waals surface area contributed by atoms with E-state index in [0.717, 1.165) is 37.2 Å². The molecule has 176 valence electrons. The van der Waals surface area contributed by atoms with Gasteiger partial charge in [0, 0.05) is 26.2 Å². The van der Waals surface area contributed by atoms with Crippen LogP contribution in [-0.2, 0) is 16.8 Å². The van der Waals surface area contributed by atoms with E-state index in [4.69, 9.17) is 4.74 Å². The Morgan fingerprint density at radius 2 is 1.75 bits per heavy atom. The lowest BCUT2D eigenvalue weighted by molar-refractivity contribution is 0.139. The lowest BCUT2D eigenvalue weighted by Gasteiger charge is -2.30. The summed E-state index contributed by atoms with van der Waals surface area (Å²) in [6, 6.07) is 12.9. The summed E-state index contributed by atoms with van der Waals surface area (Å²) in [6.07, 6.45) is 4.22. The maximum Gasteiger partial charge on any atom is 0.301 e. The molecule has 0 aromatic heterocycles. The molecule has 1 heterocycles. The highest BCUT2D eigenvalue weighted by atomic mass is 32.2. The van der Waals surface area contributed by atoms with E-state index in [1.54, 1.807) is 48.3 Å². The minimum Gasteiger partial charge on any atom is -0.490 e. The Labute approximate surface area is 195 Å². The molecule has 6 nitrogen and oxygen atoms in total. The van der Waals surface area contributed by atoms with Crippen LogP contribution >= 0.6 is 11.9 Å². The highest BCUT2D eigenvalue weighted by Gasteiger charge is 2.24. The second-order valence-electron chi connectivity index (χ2n) is 8.37. The molecule has 9 heteroatoms. The molecule has 1 saturated heterocycles. The third-order valence-electron chi connectivity index (χ3n) is 5.24. The standard InChI is InChI=1S/C23H32FN3O3S2/c1-18(2)16-27(17-19-4-6-20(24)7-5-19)32(28,29)25-21-8-10-22(11-9-21)30-23-12-14-26(31-3)15-13-23/h4-11,18,23,25H,12-17H2,1-3H3. The smallest absolute Gasteiger partial charge is 0.301 e. The van der Waals surface area contributed by atoms with Crippen molar-refractivity contribution in [1.82, 2.24) is 8.61 Å². The molecule has 1 aliphatic rings. The van der Waals surface area contributed by atoms with Crippen LogP contribution < -0.4 is 9.46 Å². The Hall–Kier alpha value is -1.81. The van der Waals surface area contributed by atoms with E-state index in [2.05, 4.69) is 15.3 Å². The highest BCUT2D eigenvalue weighted by Crippen LogP contribution is 2.24. The molecule has 32 heavy (non-hydrogen) atoms. The van der Waals surface area contributed by atoms with Crippen molar-refractivity contribution in [1.29, 1.82) is 0 Å². The zero-order valence-electron chi connectivity index (χ0n) is 18.8. The molecule has 2 aromatic rings. The number of ether oxygens (including phenoxy) is 1. The second kappa shape index (κ2) is 11.4. The maximum atomic E-state index is 13.2. The number of nitrogens with zero attached hydrogens (tertiary/aromatic N) is 2. The number of nitrogens with one attached hydrogen (secondary N) is 1. The third-order valence-corrected chi connectivity index (χ3v) is 7.58. The fourth-order valence-corrected chi connectivity index (χ4v) is 5.54. The van der Waals surface area contributed by atoms with Crippen molar-refractivity contribution in [3.05, 3.63) is 59.9 Å². The molecule has 0 bridgehead atoms. The third kappa shape index (κ3) is 7.37. The van der Waals surface area contributed by atoms with Crippen molar-refractivity contribution in [3.63, 3.8) is 0 Å². The Balaban J connectivity index is 1.63. The molecule has 0 radical (unpaired) electrons. The molecule has 3 rings (SSSR count). The molecule has 2 aromatic carbocycles. The van der Waals surface area contributed by atoms with Crippen molar-refractivity contribution in [2.45, 2.75) is 39.3 Å². The molecular weight excluding hydrogens is 449 g/mol. The molecule has 0 aliphatic carbocycles. The van der Waals surface area contributed by atoms with Gasteiger partial charge in [0.25, 0.3) is 0 Å². The first-order chi connectivity index (χ1) is 15.2. The molecule has 0 saturated carbocycles. The van der Waals surface area contributed by atoms with Crippen molar-refractivity contribution in [3.8, 4) is 5.75 Å². The molecule has 0 spiro atoms. The van der Waals surface area contributed by atoms with Gasteiger partial charge in [-0.3, -0.25) is 9.03 Å². The lowest BCUT2D eigenvalue weighted by atomic mass is 10.1. The quantitative estimate of drug-likeness (QED) is 0.496. The van der Waals surface area contributed by atoms with E-state index in [9.17, 15) is 12.8 Å². The Morgan fingerprint density at radius 3 is 2.31 bits per heavy atom. The van der Waals surface area contributed by atoms with Crippen LogP contribution in [0.5, 0.6) is 5.75 Å². The van der Waals surface area contributed by atoms with Crippen molar-refractivity contribution >= 4 is 27.8 Å². The van der Waals surface area contributed by atoms with Gasteiger partial charge in [-0.05, 0) is 67.0 Å². The first-order valence-electron chi connectivity index (χ1n) is 10.8. The molecule has 0 unspecified atom stereocenters. The van der Waals surface area contributed by atoms with Crippen LogP contribution in [0.2, 0.25) is 0 Å². The van der Waals surface area contributed by atoms with E-state index >= 15 is 0 Å². The predicted molar refractivity (Wildman–Crippen MR) is 129 cm³/mol. The number of anilines is 1. The van der Waals surface area contributed by atoms with E-state index in [0.29, 0.717) is 12.2 Å². The number of benzene rings is 2. The van der Waals surface area contributed by atoms with Crippen LogP contribution in [0.3, 0.4) is 0 Å². The van der Waals surface area contributed by atoms with Crippen LogP contribution in [0.25, 0.3) is 0 Å². The van der Waals surface area contributed by atoms with Gasteiger partial charge in [-0.1, -0.05) is 37.9 Å². The van der Waals surface area contributed by atoms with Gasteiger partial charge < -0.3 is 4.74 Å². The monoisotopic (exact) mass is 481 g/mol. The SMILES string of the molecule is CSN1CCC(Oc2ccc(NS(=O)(=O)N(Cc3ccc(F)cc3)CC(C)C)cc2)CC1. The van der Waals surface area contributed by atoms with Crippen molar-refractivity contribution in [2.24, 2.45) is 5.92 Å². The highest BCUT2D eigenvalue weighted by molar-refractivity contribution is 7.96. The predicted octanol–water partition coefficient (Wildman–Crippen LogP) is 4.76. The summed E-state index contributed by atoms with van der Waals surface area (Å²) in [4.78, 5) is 0. The van der Waals surface area contributed by atoms with Gasteiger partial charge >= 0.3 is 10.2 Å². The van der Waals surface area contributed by atoms with Gasteiger partial charge in [0.2, 0.25) is 0 Å². The van der Waals surface area contributed by atoms with Crippen LogP contribution in [0.15, 0.2) is 48.5 Å². The number of halogens is 1. The van der Waals surface area contributed by atoms with Crippen LogP contribution in [0.1, 0.15) is 32.3 Å². The van der Waals surface area contributed by atoms with Gasteiger partial charge in [0.1, 0.15) is 17.7 Å². The number of hydrogen-bond donors (Lipinski definition) is 1. The normalized spacial score (nSPS) is 15.9. The van der Waals surface area contributed by atoms with Gasteiger partial charge in [-0.2, -0.15) is 12.7 Å². The molecule has 1 N–H and O–H groups in total. The number of rotatable bonds is 10. The average molecular weight is 482 g/mol. The summed E-state index contributed by atoms with van der Waals surface area (Å²) >= 11 is 1.76. The Kier molecular flexibility index (Phi) is 8.81. The number of piperidine rings is 1. The zero-order valence-corrected chi connectivity index (χ0v) is 20.5. The van der Waals surface area contributed by atoms with Gasteiger partial charge in [0.05, 0.1) is 5.69 Å². The van der Waals surface area contributed by atoms with Crippen LogP contribution in [0.4, 0.5) is 10.1 Å². The molecule has 0 atom stereocenters. The maximum absolute atomic E-state index is 13.2. The van der Waals surface area contributed by atoms with E-state index < -0.39 is 10.2 Å². The van der Waals surface area contributed by atoms with Crippen LogP contribution in [-0.4, -0.2) is 49.0 Å². The fourth-order valence-electron chi connectivity index (χ4n) is 3.59. The number of hydrogen-bond acceptors (Lipinski definition) is 5. The summed E-state index contributed by atoms with van der Waals surface area (Å²) in [6.45, 7) is 6.45. The molecule has 1 fully saturated rings. The summed E-state index contributed by atoms with van der Waals surface area (Å²) in [7, 11) is -3.79. The van der Waals surface area contributed by atoms with E-state index in [1.165, 1.54) is 16.4 Å². The first-order valence-corrected chi connectivity index (χ1v) is 13.5. The van der Waals surface area contributed by atoms with Gasteiger partial charge in [-0.25, -0.2) is 4.39 Å². The van der Waals surface area contributed by atoms with Crippen molar-refractivity contribution in [2.75, 3.05) is 30.6 Å². The Morgan fingerprint density at radius 1 is 1.12 bits per heavy atom. The molecule has 1 aliphatic heterocycles. The minimum atomic E-state index is -3.79. The topological polar surface area (TPSA) is 61.9 Å². The van der Waals surface area contributed by atoms with E-state index in [-0.39, 0.29) is 24.4 Å². The van der Waals surface area contributed by atoms with Gasteiger partial charge in [-0.15, -0.1) is 0 Å².